The van der Waals surface area contributed by atoms with E-state index < -0.39 is 0 Å². The molecule has 0 aliphatic heterocycles. The second kappa shape index (κ2) is 3.17. The molecule has 12 heavy (non-hydrogen) atoms. The van der Waals surface area contributed by atoms with E-state index in [1.807, 2.05) is 6.07 Å². The van der Waals surface area contributed by atoms with Crippen LogP contribution in [0.3, 0.4) is 0 Å². The van der Waals surface area contributed by atoms with E-state index in [4.69, 9.17) is 4.74 Å². The molecule has 1 N–H and O–H groups in total. The van der Waals surface area contributed by atoms with Gasteiger partial charge in [-0.05, 0) is 25.2 Å². The Balaban J connectivity index is 1.84. The molecule has 0 spiro atoms. The number of ether oxygens (including phenoxy) is 1. The lowest BCUT2D eigenvalue weighted by Gasteiger charge is -1.97. The summed E-state index contributed by atoms with van der Waals surface area (Å²) in [5.74, 6) is 1.55. The summed E-state index contributed by atoms with van der Waals surface area (Å²) in [5.41, 5.74) is 1.14. The molecule has 1 aliphatic carbocycles. The molecule has 0 radical (unpaired) electrons. The molecule has 3 heteroatoms. The van der Waals surface area contributed by atoms with Gasteiger partial charge in [-0.15, -0.1) is 5.10 Å². The highest BCUT2D eigenvalue weighted by atomic mass is 16.5. The summed E-state index contributed by atoms with van der Waals surface area (Å²) >= 11 is 0. The number of H-pyrrole nitrogens is 1. The standard InChI is InChI=1S/C9H14N2O/c1-2-8-5-9(11-10-8)12-6-7-3-4-7/h5,7H,2-4,6H2,1H3,(H,10,11). The Bertz CT molecular complexity index is 253. The van der Waals surface area contributed by atoms with Gasteiger partial charge in [-0.1, -0.05) is 6.92 Å². The third-order valence-electron chi connectivity index (χ3n) is 2.15. The average molecular weight is 166 g/mol. The number of nitrogens with one attached hydrogen (secondary N) is 1. The smallest absolute Gasteiger partial charge is 0.232 e. The second-order valence-corrected chi connectivity index (χ2v) is 3.34. The van der Waals surface area contributed by atoms with Gasteiger partial charge in [0.2, 0.25) is 5.88 Å². The van der Waals surface area contributed by atoms with E-state index in [2.05, 4.69) is 17.1 Å². The minimum atomic E-state index is 0.749. The maximum Gasteiger partial charge on any atom is 0.232 e. The number of aryl methyl sites for hydroxylation is 1. The van der Waals surface area contributed by atoms with Crippen molar-refractivity contribution in [3.8, 4) is 5.88 Å². The van der Waals surface area contributed by atoms with Gasteiger partial charge >= 0.3 is 0 Å². The van der Waals surface area contributed by atoms with Crippen LogP contribution in [-0.4, -0.2) is 16.8 Å². The fourth-order valence-corrected chi connectivity index (χ4v) is 1.08. The van der Waals surface area contributed by atoms with Gasteiger partial charge in [0.15, 0.2) is 0 Å². The number of aromatic amines is 1. The molecule has 66 valence electrons. The number of aromatic nitrogens is 2. The van der Waals surface area contributed by atoms with Gasteiger partial charge < -0.3 is 4.74 Å². The average Bonchev–Trinajstić information content (AvgIpc) is 2.81. The molecule has 1 fully saturated rings. The molecule has 1 aromatic rings. The van der Waals surface area contributed by atoms with Crippen molar-refractivity contribution in [1.29, 1.82) is 0 Å². The van der Waals surface area contributed by atoms with Crippen LogP contribution in [0.5, 0.6) is 5.88 Å². The number of hydrogen-bond acceptors (Lipinski definition) is 2. The van der Waals surface area contributed by atoms with Crippen LogP contribution >= 0.6 is 0 Å². The zero-order valence-corrected chi connectivity index (χ0v) is 7.34. The van der Waals surface area contributed by atoms with Crippen LogP contribution in [-0.2, 0) is 6.42 Å². The van der Waals surface area contributed by atoms with Crippen molar-refractivity contribution in [2.24, 2.45) is 5.92 Å². The third-order valence-corrected chi connectivity index (χ3v) is 2.15. The highest BCUT2D eigenvalue weighted by Crippen LogP contribution is 2.29. The largest absolute Gasteiger partial charge is 0.476 e. The summed E-state index contributed by atoms with van der Waals surface area (Å²) < 4.78 is 5.47. The van der Waals surface area contributed by atoms with Crippen molar-refractivity contribution >= 4 is 0 Å². The Morgan fingerprint density at radius 3 is 3.08 bits per heavy atom. The Morgan fingerprint density at radius 1 is 1.67 bits per heavy atom. The van der Waals surface area contributed by atoms with E-state index in [1.165, 1.54) is 12.8 Å². The van der Waals surface area contributed by atoms with Crippen molar-refractivity contribution in [3.05, 3.63) is 11.8 Å². The van der Waals surface area contributed by atoms with Crippen LogP contribution in [0.15, 0.2) is 6.07 Å². The molecule has 1 heterocycles. The number of hydrogen-bond donors (Lipinski definition) is 1. The van der Waals surface area contributed by atoms with Crippen LogP contribution in [0.4, 0.5) is 0 Å². The number of rotatable bonds is 4. The molecule has 0 saturated heterocycles. The van der Waals surface area contributed by atoms with Crippen LogP contribution in [0.25, 0.3) is 0 Å². The first-order valence-electron chi connectivity index (χ1n) is 4.55. The zero-order chi connectivity index (χ0) is 8.39. The number of nitrogens with zero attached hydrogens (tertiary/aromatic N) is 1. The van der Waals surface area contributed by atoms with Gasteiger partial charge in [0.25, 0.3) is 0 Å². The molecule has 0 amide bonds. The van der Waals surface area contributed by atoms with E-state index in [0.717, 1.165) is 30.5 Å². The third kappa shape index (κ3) is 1.78. The van der Waals surface area contributed by atoms with Crippen molar-refractivity contribution in [2.75, 3.05) is 6.61 Å². The molecule has 2 rings (SSSR count). The molecule has 1 aliphatic rings. The van der Waals surface area contributed by atoms with Gasteiger partial charge in [-0.2, -0.15) is 0 Å². The van der Waals surface area contributed by atoms with Gasteiger partial charge in [0.05, 0.1) is 6.61 Å². The quantitative estimate of drug-likeness (QED) is 0.740. The zero-order valence-electron chi connectivity index (χ0n) is 7.34. The Morgan fingerprint density at radius 2 is 2.50 bits per heavy atom. The minimum Gasteiger partial charge on any atom is -0.476 e. The molecule has 0 atom stereocenters. The highest BCUT2D eigenvalue weighted by molar-refractivity contribution is 5.13. The maximum atomic E-state index is 5.47. The lowest BCUT2D eigenvalue weighted by molar-refractivity contribution is 0.288. The first-order valence-corrected chi connectivity index (χ1v) is 4.55. The van der Waals surface area contributed by atoms with Crippen LogP contribution in [0.1, 0.15) is 25.5 Å². The molecule has 3 nitrogen and oxygen atoms in total. The highest BCUT2D eigenvalue weighted by Gasteiger charge is 2.22. The van der Waals surface area contributed by atoms with Crippen LogP contribution in [0.2, 0.25) is 0 Å². The van der Waals surface area contributed by atoms with Crippen molar-refractivity contribution in [1.82, 2.24) is 10.2 Å². The van der Waals surface area contributed by atoms with Gasteiger partial charge in [0.1, 0.15) is 0 Å². The molecular formula is C9H14N2O. The summed E-state index contributed by atoms with van der Waals surface area (Å²) in [6, 6.07) is 1.97. The lowest BCUT2D eigenvalue weighted by atomic mass is 10.3. The SMILES string of the molecule is CCc1cc(OCC2CC2)n[nH]1. The van der Waals surface area contributed by atoms with Crippen LogP contribution < -0.4 is 4.74 Å². The van der Waals surface area contributed by atoms with E-state index >= 15 is 0 Å². The van der Waals surface area contributed by atoms with Crippen molar-refractivity contribution in [3.63, 3.8) is 0 Å². The van der Waals surface area contributed by atoms with Crippen LogP contribution in [0, 0.1) is 5.92 Å². The lowest BCUT2D eigenvalue weighted by Crippen LogP contribution is -1.98. The normalized spacial score (nSPS) is 16.4. The summed E-state index contributed by atoms with van der Waals surface area (Å²) in [4.78, 5) is 0. The fraction of sp³-hybridized carbons (Fsp3) is 0.667. The van der Waals surface area contributed by atoms with Gasteiger partial charge in [-0.25, -0.2) is 0 Å². The summed E-state index contributed by atoms with van der Waals surface area (Å²) in [6.45, 7) is 2.94. The Hall–Kier alpha value is -0.990. The Kier molecular flexibility index (Phi) is 2.02. The van der Waals surface area contributed by atoms with Gasteiger partial charge in [0, 0.05) is 11.8 Å². The molecular weight excluding hydrogens is 152 g/mol. The molecule has 0 aromatic carbocycles. The maximum absolute atomic E-state index is 5.47. The first kappa shape index (κ1) is 7.65. The van der Waals surface area contributed by atoms with Crippen molar-refractivity contribution < 1.29 is 4.74 Å². The van der Waals surface area contributed by atoms with Gasteiger partial charge in [-0.3, -0.25) is 5.10 Å². The summed E-state index contributed by atoms with van der Waals surface area (Å²) in [5, 5.41) is 6.96. The van der Waals surface area contributed by atoms with Crippen molar-refractivity contribution in [2.45, 2.75) is 26.2 Å². The molecule has 1 saturated carbocycles. The Labute approximate surface area is 72.1 Å². The minimum absolute atomic E-state index is 0.749. The van der Waals surface area contributed by atoms with E-state index in [9.17, 15) is 0 Å². The van der Waals surface area contributed by atoms with E-state index in [1.54, 1.807) is 0 Å². The molecule has 0 unspecified atom stereocenters. The second-order valence-electron chi connectivity index (χ2n) is 3.34. The van der Waals surface area contributed by atoms with E-state index in [-0.39, 0.29) is 0 Å². The molecule has 0 bridgehead atoms. The monoisotopic (exact) mass is 166 g/mol. The summed E-state index contributed by atoms with van der Waals surface area (Å²) in [6.07, 6.45) is 3.63. The topological polar surface area (TPSA) is 37.9 Å². The predicted molar refractivity (Wildman–Crippen MR) is 46.2 cm³/mol. The summed E-state index contributed by atoms with van der Waals surface area (Å²) in [7, 11) is 0. The van der Waals surface area contributed by atoms with E-state index in [0.29, 0.717) is 0 Å². The molecule has 1 aromatic heterocycles. The predicted octanol–water partition coefficient (Wildman–Crippen LogP) is 1.76. The first-order chi connectivity index (χ1) is 5.88. The fourth-order valence-electron chi connectivity index (χ4n) is 1.08.